The van der Waals surface area contributed by atoms with Gasteiger partial charge in [-0.1, -0.05) is 54.9 Å². The Hall–Kier alpha value is -3.62. The predicted octanol–water partition coefficient (Wildman–Crippen LogP) is 6.51. The molecule has 184 valence electrons. The fraction of sp³-hybridized carbons (Fsp3) is 0.148. The first-order valence-corrected chi connectivity index (χ1v) is 12.5. The molecule has 0 aliphatic carbocycles. The summed E-state index contributed by atoms with van der Waals surface area (Å²) >= 11 is 7.68. The van der Waals surface area contributed by atoms with Crippen LogP contribution in [0.15, 0.2) is 82.7 Å². The highest BCUT2D eigenvalue weighted by Gasteiger charge is 2.32. The van der Waals surface area contributed by atoms with Crippen LogP contribution in [0.25, 0.3) is 6.08 Å². The summed E-state index contributed by atoms with van der Waals surface area (Å²) in [6.45, 7) is 2.24. The third-order valence-electron chi connectivity index (χ3n) is 5.08. The highest BCUT2D eigenvalue weighted by Crippen LogP contribution is 2.35. The van der Waals surface area contributed by atoms with Crippen molar-refractivity contribution in [3.8, 4) is 5.75 Å². The van der Waals surface area contributed by atoms with Gasteiger partial charge in [-0.2, -0.15) is 0 Å². The molecule has 1 aliphatic heterocycles. The quantitative estimate of drug-likeness (QED) is 0.342. The molecule has 1 fully saturated rings. The van der Waals surface area contributed by atoms with Crippen LogP contribution in [0.3, 0.4) is 0 Å². The van der Waals surface area contributed by atoms with E-state index in [4.69, 9.17) is 16.3 Å². The number of halogens is 2. The van der Waals surface area contributed by atoms with Crippen LogP contribution < -0.4 is 10.1 Å². The van der Waals surface area contributed by atoms with Crippen LogP contribution in [0.4, 0.5) is 15.8 Å². The molecule has 0 spiro atoms. The number of thioether (sulfide) groups is 1. The lowest BCUT2D eigenvalue weighted by Crippen LogP contribution is -2.29. The van der Waals surface area contributed by atoms with Crippen molar-refractivity contribution in [3.63, 3.8) is 0 Å². The van der Waals surface area contributed by atoms with Gasteiger partial charge in [0.15, 0.2) is 11.8 Å². The standard InChI is InChI=1S/C27H23ClFN3O3S/c1-2-14-32-26(34)24(36-27(32)30-19-8-4-3-5-9-19)16-18-12-13-23(20(28)15-18)35-17-25(33)31-22-11-7-6-10-21(22)29/h3-13,15-16H,2,14,17H2,1H3,(H,31,33)/b24-16-,30-27?. The van der Waals surface area contributed by atoms with Gasteiger partial charge >= 0.3 is 0 Å². The summed E-state index contributed by atoms with van der Waals surface area (Å²) in [6.07, 6.45) is 2.56. The Morgan fingerprint density at radius 3 is 2.61 bits per heavy atom. The van der Waals surface area contributed by atoms with Gasteiger partial charge in [-0.25, -0.2) is 9.38 Å². The minimum atomic E-state index is -0.532. The number of hydrogen-bond acceptors (Lipinski definition) is 5. The van der Waals surface area contributed by atoms with Crippen LogP contribution in [0.2, 0.25) is 5.02 Å². The van der Waals surface area contributed by atoms with Gasteiger partial charge in [0.25, 0.3) is 11.8 Å². The summed E-state index contributed by atoms with van der Waals surface area (Å²) in [6, 6.07) is 20.4. The number of carbonyl (C=O) groups excluding carboxylic acids is 2. The van der Waals surface area contributed by atoms with Crippen LogP contribution in [0.1, 0.15) is 18.9 Å². The smallest absolute Gasteiger partial charge is 0.266 e. The largest absolute Gasteiger partial charge is 0.482 e. The summed E-state index contributed by atoms with van der Waals surface area (Å²) in [4.78, 5) is 32.0. The van der Waals surface area contributed by atoms with E-state index in [1.54, 1.807) is 35.2 Å². The van der Waals surface area contributed by atoms with Crippen molar-refractivity contribution in [1.82, 2.24) is 4.90 Å². The SMILES string of the molecule is CCCN1C(=O)/C(=C/c2ccc(OCC(=O)Nc3ccccc3F)c(Cl)c2)SC1=Nc1ccccc1. The van der Waals surface area contributed by atoms with Crippen molar-refractivity contribution in [2.24, 2.45) is 4.99 Å². The number of aliphatic imine (C=N–C) groups is 1. The molecule has 1 heterocycles. The van der Waals surface area contributed by atoms with Gasteiger partial charge in [-0.05, 0) is 66.2 Å². The van der Waals surface area contributed by atoms with E-state index >= 15 is 0 Å². The molecular formula is C27H23ClFN3O3S. The molecule has 4 rings (SSSR count). The van der Waals surface area contributed by atoms with Crippen molar-refractivity contribution in [3.05, 3.63) is 94.1 Å². The Bertz CT molecular complexity index is 1330. The lowest BCUT2D eigenvalue weighted by atomic mass is 10.2. The summed E-state index contributed by atoms with van der Waals surface area (Å²) in [7, 11) is 0. The molecule has 6 nitrogen and oxygen atoms in total. The second-order valence-corrected chi connectivity index (χ2v) is 9.22. The Morgan fingerprint density at radius 2 is 1.89 bits per heavy atom. The van der Waals surface area contributed by atoms with Crippen molar-refractivity contribution < 1.29 is 18.7 Å². The van der Waals surface area contributed by atoms with Crippen molar-refractivity contribution in [2.75, 3.05) is 18.5 Å². The van der Waals surface area contributed by atoms with E-state index in [0.29, 0.717) is 27.9 Å². The van der Waals surface area contributed by atoms with Gasteiger partial charge in [0.2, 0.25) is 0 Å². The van der Waals surface area contributed by atoms with Crippen LogP contribution in [0, 0.1) is 5.82 Å². The third-order valence-corrected chi connectivity index (χ3v) is 6.38. The first-order valence-electron chi connectivity index (χ1n) is 11.3. The molecule has 36 heavy (non-hydrogen) atoms. The van der Waals surface area contributed by atoms with E-state index in [9.17, 15) is 14.0 Å². The molecule has 3 aromatic carbocycles. The second kappa shape index (κ2) is 11.9. The molecular weight excluding hydrogens is 501 g/mol. The minimum absolute atomic E-state index is 0.0743. The molecule has 0 atom stereocenters. The average molecular weight is 524 g/mol. The normalized spacial score (nSPS) is 15.5. The molecule has 1 N–H and O–H groups in total. The van der Waals surface area contributed by atoms with E-state index in [1.165, 1.54) is 30.0 Å². The number of amides is 2. The summed E-state index contributed by atoms with van der Waals surface area (Å²) < 4.78 is 19.2. The fourth-order valence-electron chi connectivity index (χ4n) is 3.39. The van der Waals surface area contributed by atoms with Crippen LogP contribution in [-0.4, -0.2) is 35.0 Å². The molecule has 2 amide bonds. The summed E-state index contributed by atoms with van der Waals surface area (Å²) in [5.74, 6) is -0.865. The zero-order valence-corrected chi connectivity index (χ0v) is 21.0. The zero-order valence-electron chi connectivity index (χ0n) is 19.4. The number of amidine groups is 1. The predicted molar refractivity (Wildman–Crippen MR) is 143 cm³/mol. The Labute approximate surface area is 217 Å². The molecule has 0 bridgehead atoms. The van der Waals surface area contributed by atoms with Crippen LogP contribution in [0.5, 0.6) is 5.75 Å². The number of nitrogens with one attached hydrogen (secondary N) is 1. The van der Waals surface area contributed by atoms with Gasteiger partial charge < -0.3 is 10.1 Å². The second-order valence-electron chi connectivity index (χ2n) is 7.80. The number of carbonyl (C=O) groups is 2. The van der Waals surface area contributed by atoms with Crippen LogP contribution in [-0.2, 0) is 9.59 Å². The van der Waals surface area contributed by atoms with Crippen molar-refractivity contribution in [2.45, 2.75) is 13.3 Å². The van der Waals surface area contributed by atoms with E-state index < -0.39 is 11.7 Å². The monoisotopic (exact) mass is 523 g/mol. The molecule has 1 saturated heterocycles. The number of benzene rings is 3. The van der Waals surface area contributed by atoms with E-state index in [0.717, 1.165) is 12.1 Å². The number of ether oxygens (including phenoxy) is 1. The van der Waals surface area contributed by atoms with Gasteiger partial charge in [0.05, 0.1) is 21.3 Å². The first kappa shape index (κ1) is 25.5. The lowest BCUT2D eigenvalue weighted by molar-refractivity contribution is -0.122. The number of anilines is 1. The number of hydrogen-bond donors (Lipinski definition) is 1. The summed E-state index contributed by atoms with van der Waals surface area (Å²) in [5.41, 5.74) is 1.56. The van der Waals surface area contributed by atoms with Crippen molar-refractivity contribution >= 4 is 57.8 Å². The zero-order chi connectivity index (χ0) is 25.5. The van der Waals surface area contributed by atoms with Crippen LogP contribution >= 0.6 is 23.4 Å². The fourth-order valence-corrected chi connectivity index (χ4v) is 4.66. The van der Waals surface area contributed by atoms with Gasteiger partial charge in [-0.3, -0.25) is 14.5 Å². The number of para-hydroxylation sites is 2. The highest BCUT2D eigenvalue weighted by molar-refractivity contribution is 8.18. The Kier molecular flexibility index (Phi) is 8.40. The number of nitrogens with zero attached hydrogens (tertiary/aromatic N) is 2. The van der Waals surface area contributed by atoms with Crippen molar-refractivity contribution in [1.29, 1.82) is 0 Å². The lowest BCUT2D eigenvalue weighted by Gasteiger charge is -2.13. The van der Waals surface area contributed by atoms with E-state index in [-0.39, 0.29) is 23.2 Å². The van der Waals surface area contributed by atoms with Gasteiger partial charge in [-0.15, -0.1) is 0 Å². The average Bonchev–Trinajstić information content (AvgIpc) is 3.14. The molecule has 0 unspecified atom stereocenters. The molecule has 1 aliphatic rings. The molecule has 3 aromatic rings. The van der Waals surface area contributed by atoms with E-state index in [1.807, 2.05) is 37.3 Å². The molecule has 9 heteroatoms. The highest BCUT2D eigenvalue weighted by atomic mass is 35.5. The van der Waals surface area contributed by atoms with E-state index in [2.05, 4.69) is 10.3 Å². The third kappa shape index (κ3) is 6.33. The maximum atomic E-state index is 13.7. The maximum Gasteiger partial charge on any atom is 0.266 e. The Balaban J connectivity index is 1.45. The molecule has 0 saturated carbocycles. The topological polar surface area (TPSA) is 71.0 Å². The maximum absolute atomic E-state index is 13.7. The minimum Gasteiger partial charge on any atom is -0.482 e. The summed E-state index contributed by atoms with van der Waals surface area (Å²) in [5, 5.41) is 3.36. The van der Waals surface area contributed by atoms with Gasteiger partial charge in [0.1, 0.15) is 11.6 Å². The molecule has 0 aromatic heterocycles. The Morgan fingerprint density at radius 1 is 1.14 bits per heavy atom. The first-order chi connectivity index (χ1) is 17.4. The molecule has 0 radical (unpaired) electrons. The van der Waals surface area contributed by atoms with Gasteiger partial charge in [0, 0.05) is 6.54 Å². The number of rotatable bonds is 8.